The van der Waals surface area contributed by atoms with Crippen molar-refractivity contribution in [2.24, 2.45) is 0 Å². The fourth-order valence-electron chi connectivity index (χ4n) is 3.50. The Morgan fingerprint density at radius 3 is 2.33 bits per heavy atom. The van der Waals surface area contributed by atoms with Crippen molar-refractivity contribution in [1.29, 1.82) is 0 Å². The number of benzene rings is 2. The Morgan fingerprint density at radius 1 is 0.967 bits per heavy atom. The maximum Gasteiger partial charge on any atom is 0.273 e. The van der Waals surface area contributed by atoms with E-state index in [1.807, 2.05) is 30.3 Å². The monoisotopic (exact) mass is 407 g/mol. The molecule has 1 N–H and O–H groups in total. The number of nitrogens with one attached hydrogen (secondary N) is 1. The minimum absolute atomic E-state index is 0.0120. The third kappa shape index (κ3) is 4.53. The van der Waals surface area contributed by atoms with E-state index in [0.29, 0.717) is 32.0 Å². The predicted molar refractivity (Wildman–Crippen MR) is 112 cm³/mol. The molecular formula is C22H22FN5O2. The first kappa shape index (κ1) is 19.8. The summed E-state index contributed by atoms with van der Waals surface area (Å²) in [4.78, 5) is 31.5. The molecule has 30 heavy (non-hydrogen) atoms. The standard InChI is InChI=1S/C22H22FN5O2/c23-17-6-8-18(9-7-17)27-12-14-28(15-13-27)20(29)11-10-19-22(30)24-21(26-25-19)16-4-2-1-3-5-16/h1-9H,10-15H2,(H,24,26,30). The van der Waals surface area contributed by atoms with Gasteiger partial charge in [0, 0.05) is 50.3 Å². The van der Waals surface area contributed by atoms with Crippen LogP contribution in [-0.4, -0.2) is 52.2 Å². The number of carbonyl (C=O) groups excluding carboxylic acids is 1. The van der Waals surface area contributed by atoms with E-state index in [2.05, 4.69) is 20.1 Å². The molecule has 2 aromatic carbocycles. The number of halogens is 1. The van der Waals surface area contributed by atoms with Gasteiger partial charge in [0.1, 0.15) is 11.5 Å². The zero-order valence-corrected chi connectivity index (χ0v) is 16.4. The number of aromatic nitrogens is 3. The summed E-state index contributed by atoms with van der Waals surface area (Å²) >= 11 is 0. The number of hydrogen-bond acceptors (Lipinski definition) is 5. The number of aryl methyl sites for hydroxylation is 1. The summed E-state index contributed by atoms with van der Waals surface area (Å²) in [6.45, 7) is 2.55. The molecule has 0 atom stereocenters. The van der Waals surface area contributed by atoms with Crippen LogP contribution in [0.25, 0.3) is 11.4 Å². The van der Waals surface area contributed by atoms with Crippen LogP contribution >= 0.6 is 0 Å². The number of H-pyrrole nitrogens is 1. The summed E-state index contributed by atoms with van der Waals surface area (Å²) in [5, 5.41) is 8.11. The second-order valence-electron chi connectivity index (χ2n) is 7.16. The van der Waals surface area contributed by atoms with Crippen molar-refractivity contribution >= 4 is 11.6 Å². The Morgan fingerprint density at radius 2 is 1.67 bits per heavy atom. The van der Waals surface area contributed by atoms with Gasteiger partial charge in [-0.05, 0) is 24.3 Å². The fourth-order valence-corrected chi connectivity index (χ4v) is 3.50. The second-order valence-corrected chi connectivity index (χ2v) is 7.16. The molecule has 7 nitrogen and oxygen atoms in total. The Hall–Kier alpha value is -3.55. The molecule has 0 aliphatic carbocycles. The number of aromatic amines is 1. The molecule has 1 aliphatic rings. The number of hydrogen-bond donors (Lipinski definition) is 1. The van der Waals surface area contributed by atoms with Crippen LogP contribution in [0.4, 0.5) is 10.1 Å². The topological polar surface area (TPSA) is 82.2 Å². The van der Waals surface area contributed by atoms with Crippen LogP contribution in [0.2, 0.25) is 0 Å². The fraction of sp³-hybridized carbons (Fsp3) is 0.273. The minimum Gasteiger partial charge on any atom is -0.368 e. The van der Waals surface area contributed by atoms with Crippen LogP contribution < -0.4 is 10.5 Å². The molecule has 4 rings (SSSR count). The molecule has 8 heteroatoms. The highest BCUT2D eigenvalue weighted by Gasteiger charge is 2.21. The summed E-state index contributed by atoms with van der Waals surface area (Å²) in [5.74, 6) is 0.136. The largest absolute Gasteiger partial charge is 0.368 e. The lowest BCUT2D eigenvalue weighted by Gasteiger charge is -2.36. The Kier molecular flexibility index (Phi) is 5.83. The van der Waals surface area contributed by atoms with Gasteiger partial charge in [-0.1, -0.05) is 30.3 Å². The predicted octanol–water partition coefficient (Wildman–Crippen LogP) is 2.25. The molecule has 0 radical (unpaired) electrons. The van der Waals surface area contributed by atoms with E-state index in [9.17, 15) is 14.0 Å². The number of amides is 1. The van der Waals surface area contributed by atoms with E-state index in [1.54, 1.807) is 17.0 Å². The van der Waals surface area contributed by atoms with Crippen LogP contribution in [0.3, 0.4) is 0 Å². The molecule has 0 bridgehead atoms. The molecule has 1 aliphatic heterocycles. The lowest BCUT2D eigenvalue weighted by molar-refractivity contribution is -0.131. The number of piperazine rings is 1. The Bertz CT molecular complexity index is 1060. The van der Waals surface area contributed by atoms with Crippen molar-refractivity contribution in [1.82, 2.24) is 20.1 Å². The highest BCUT2D eigenvalue weighted by Crippen LogP contribution is 2.17. The van der Waals surface area contributed by atoms with E-state index >= 15 is 0 Å². The number of carbonyl (C=O) groups is 1. The van der Waals surface area contributed by atoms with Gasteiger partial charge in [0.05, 0.1) is 0 Å². The normalized spacial score (nSPS) is 14.0. The third-order valence-corrected chi connectivity index (χ3v) is 5.21. The van der Waals surface area contributed by atoms with Crippen molar-refractivity contribution in [2.45, 2.75) is 12.8 Å². The van der Waals surface area contributed by atoms with Gasteiger partial charge in [0.2, 0.25) is 5.91 Å². The third-order valence-electron chi connectivity index (χ3n) is 5.21. The molecule has 2 heterocycles. The second kappa shape index (κ2) is 8.86. The smallest absolute Gasteiger partial charge is 0.273 e. The van der Waals surface area contributed by atoms with Gasteiger partial charge in [0.15, 0.2) is 5.82 Å². The van der Waals surface area contributed by atoms with Crippen LogP contribution in [0.15, 0.2) is 59.4 Å². The molecule has 154 valence electrons. The molecule has 0 spiro atoms. The van der Waals surface area contributed by atoms with Gasteiger partial charge in [-0.25, -0.2) is 4.39 Å². The van der Waals surface area contributed by atoms with E-state index < -0.39 is 0 Å². The van der Waals surface area contributed by atoms with E-state index in [-0.39, 0.29) is 35.8 Å². The summed E-state index contributed by atoms with van der Waals surface area (Å²) in [6, 6.07) is 15.7. The summed E-state index contributed by atoms with van der Waals surface area (Å²) in [7, 11) is 0. The van der Waals surface area contributed by atoms with Crippen LogP contribution in [0.5, 0.6) is 0 Å². The van der Waals surface area contributed by atoms with E-state index in [0.717, 1.165) is 11.3 Å². The van der Waals surface area contributed by atoms with Crippen LogP contribution in [0, 0.1) is 5.82 Å². The average molecular weight is 407 g/mol. The van der Waals surface area contributed by atoms with Crippen LogP contribution in [0.1, 0.15) is 12.1 Å². The van der Waals surface area contributed by atoms with E-state index in [4.69, 9.17) is 0 Å². The van der Waals surface area contributed by atoms with Crippen molar-refractivity contribution in [3.63, 3.8) is 0 Å². The van der Waals surface area contributed by atoms with E-state index in [1.165, 1.54) is 12.1 Å². The van der Waals surface area contributed by atoms with Crippen molar-refractivity contribution in [3.05, 3.63) is 76.5 Å². The maximum absolute atomic E-state index is 13.1. The van der Waals surface area contributed by atoms with Gasteiger partial charge in [0.25, 0.3) is 5.56 Å². The maximum atomic E-state index is 13.1. The first-order valence-corrected chi connectivity index (χ1v) is 9.90. The van der Waals surface area contributed by atoms with Crippen molar-refractivity contribution in [3.8, 4) is 11.4 Å². The average Bonchev–Trinajstić information content (AvgIpc) is 2.79. The lowest BCUT2D eigenvalue weighted by atomic mass is 10.2. The van der Waals surface area contributed by atoms with Crippen molar-refractivity contribution < 1.29 is 9.18 Å². The summed E-state index contributed by atoms with van der Waals surface area (Å²) < 4.78 is 13.1. The van der Waals surface area contributed by atoms with Crippen molar-refractivity contribution in [2.75, 3.05) is 31.1 Å². The Balaban J connectivity index is 1.31. The summed E-state index contributed by atoms with van der Waals surface area (Å²) in [6.07, 6.45) is 0.452. The molecule has 0 saturated carbocycles. The van der Waals surface area contributed by atoms with Gasteiger partial charge in [-0.15, -0.1) is 10.2 Å². The summed E-state index contributed by atoms with van der Waals surface area (Å²) in [5.41, 5.74) is 1.67. The highest BCUT2D eigenvalue weighted by molar-refractivity contribution is 5.76. The Labute approximate surface area is 173 Å². The molecule has 1 fully saturated rings. The number of anilines is 1. The molecule has 1 amide bonds. The first-order valence-electron chi connectivity index (χ1n) is 9.90. The first-order chi connectivity index (χ1) is 14.6. The van der Waals surface area contributed by atoms with Crippen LogP contribution in [-0.2, 0) is 11.2 Å². The highest BCUT2D eigenvalue weighted by atomic mass is 19.1. The molecule has 1 aromatic heterocycles. The zero-order chi connectivity index (χ0) is 20.9. The molecule has 1 saturated heterocycles. The minimum atomic E-state index is -0.321. The molecule has 3 aromatic rings. The zero-order valence-electron chi connectivity index (χ0n) is 16.4. The van der Waals surface area contributed by atoms with Gasteiger partial charge >= 0.3 is 0 Å². The van der Waals surface area contributed by atoms with Gasteiger partial charge in [-0.3, -0.25) is 9.59 Å². The molecule has 0 unspecified atom stereocenters. The van der Waals surface area contributed by atoms with Gasteiger partial charge in [-0.2, -0.15) is 0 Å². The number of rotatable bonds is 5. The molecular weight excluding hydrogens is 385 g/mol. The quantitative estimate of drug-likeness (QED) is 0.702. The van der Waals surface area contributed by atoms with Gasteiger partial charge < -0.3 is 14.8 Å². The number of nitrogens with zero attached hydrogens (tertiary/aromatic N) is 4. The SMILES string of the molecule is O=C(CCc1nnc(-c2ccccc2)[nH]c1=O)N1CCN(c2ccc(F)cc2)CC1. The lowest BCUT2D eigenvalue weighted by Crippen LogP contribution is -2.48.